The number of hydrogen-bond donors (Lipinski definition) is 3. The summed E-state index contributed by atoms with van der Waals surface area (Å²) in [6.45, 7) is -0.593. The summed E-state index contributed by atoms with van der Waals surface area (Å²) in [4.78, 5) is 23.6. The smallest absolute Gasteiger partial charge is 0.341 e. The van der Waals surface area contributed by atoms with Gasteiger partial charge in [0.25, 0.3) is 15.9 Å². The van der Waals surface area contributed by atoms with E-state index in [2.05, 4.69) is 15.2 Å². The maximum Gasteiger partial charge on any atom is 0.341 e. The molecule has 0 saturated carbocycles. The maximum absolute atomic E-state index is 12.7. The van der Waals surface area contributed by atoms with E-state index < -0.39 is 28.5 Å². The molecule has 3 aromatic rings. The summed E-state index contributed by atoms with van der Waals surface area (Å²) in [6, 6.07) is 11.4. The third-order valence-corrected chi connectivity index (χ3v) is 7.55. The Morgan fingerprint density at radius 1 is 1.14 bits per heavy atom. The molecule has 1 aromatic heterocycles. The monoisotopic (exact) mass is 557 g/mol. The minimum Gasteiger partial charge on any atom is -0.497 e. The molecule has 0 radical (unpaired) electrons. The maximum atomic E-state index is 12.7. The van der Waals surface area contributed by atoms with Gasteiger partial charge in [-0.05, 0) is 42.5 Å². The molecule has 1 amide bonds. The normalized spacial score (nSPS) is 11.3. The zero-order chi connectivity index (χ0) is 25.6. The van der Waals surface area contributed by atoms with Crippen molar-refractivity contribution < 1.29 is 32.6 Å². The molecule has 35 heavy (non-hydrogen) atoms. The number of carboxylic acids is 1. The molecule has 14 heteroatoms. The van der Waals surface area contributed by atoms with Crippen molar-refractivity contribution in [3.63, 3.8) is 0 Å². The molecule has 0 spiro atoms. The Hall–Kier alpha value is -3.32. The largest absolute Gasteiger partial charge is 0.497 e. The summed E-state index contributed by atoms with van der Waals surface area (Å²) < 4.78 is 38.2. The Balaban J connectivity index is 1.81. The van der Waals surface area contributed by atoms with Crippen LogP contribution >= 0.6 is 34.5 Å². The summed E-state index contributed by atoms with van der Waals surface area (Å²) in [5, 5.41) is 12.9. The average molecular weight is 558 g/mol. The van der Waals surface area contributed by atoms with Gasteiger partial charge in [-0.15, -0.1) is 11.3 Å². The number of halogens is 2. The molecule has 0 bridgehead atoms. The molecule has 0 fully saturated rings. The van der Waals surface area contributed by atoms with Gasteiger partial charge in [0, 0.05) is 16.7 Å². The van der Waals surface area contributed by atoms with Crippen LogP contribution in [0.2, 0.25) is 9.36 Å². The number of carbonyl (C=O) groups is 2. The van der Waals surface area contributed by atoms with Crippen LogP contribution in [0.25, 0.3) is 0 Å². The molecule has 1 heterocycles. The van der Waals surface area contributed by atoms with Gasteiger partial charge in [0.15, 0.2) is 6.61 Å². The van der Waals surface area contributed by atoms with Crippen LogP contribution in [0.1, 0.15) is 15.9 Å². The number of sulfonamides is 1. The Labute approximate surface area is 214 Å². The number of carboxylic acid groups (broad SMARTS) is 1. The Morgan fingerprint density at radius 3 is 2.57 bits per heavy atom. The molecule has 10 nitrogen and oxygen atoms in total. The minimum atomic E-state index is -4.02. The lowest BCUT2D eigenvalue weighted by atomic mass is 10.2. The average Bonchev–Trinajstić information content (AvgIpc) is 3.25. The highest BCUT2D eigenvalue weighted by molar-refractivity contribution is 7.94. The molecule has 0 aliphatic heterocycles. The lowest BCUT2D eigenvalue weighted by Crippen LogP contribution is -2.21. The van der Waals surface area contributed by atoms with Gasteiger partial charge in [0.1, 0.15) is 15.7 Å². The molecule has 0 aliphatic rings. The van der Waals surface area contributed by atoms with E-state index in [-0.39, 0.29) is 30.6 Å². The quantitative estimate of drug-likeness (QED) is 0.251. The van der Waals surface area contributed by atoms with Crippen LogP contribution in [0.4, 0.5) is 5.69 Å². The molecule has 0 aliphatic carbocycles. The van der Waals surface area contributed by atoms with Gasteiger partial charge in [-0.3, -0.25) is 9.52 Å². The number of thiophene rings is 1. The number of carbonyl (C=O) groups excluding carboxylic acids is 1. The lowest BCUT2D eigenvalue weighted by Gasteiger charge is -2.11. The van der Waals surface area contributed by atoms with E-state index >= 15 is 0 Å². The first kappa shape index (κ1) is 26.3. The van der Waals surface area contributed by atoms with Crippen molar-refractivity contribution in [1.82, 2.24) is 5.43 Å². The number of nitrogens with one attached hydrogen (secondary N) is 2. The SMILES string of the molecule is COc1ccc(C=NNC(=O)c2ccc(Cl)cc2NS(=O)(=O)c2ccc(Cl)s2)c(OCC(=O)O)c1. The van der Waals surface area contributed by atoms with Gasteiger partial charge in [-0.1, -0.05) is 23.2 Å². The van der Waals surface area contributed by atoms with Crippen molar-refractivity contribution in [2.75, 3.05) is 18.4 Å². The highest BCUT2D eigenvalue weighted by atomic mass is 35.5. The highest BCUT2D eigenvalue weighted by Crippen LogP contribution is 2.29. The summed E-state index contributed by atoms with van der Waals surface area (Å²) in [6.07, 6.45) is 1.24. The first-order valence-electron chi connectivity index (χ1n) is 9.53. The fourth-order valence-corrected chi connectivity index (χ4v) is 5.39. The van der Waals surface area contributed by atoms with Crippen molar-refractivity contribution in [1.29, 1.82) is 0 Å². The van der Waals surface area contributed by atoms with E-state index in [0.29, 0.717) is 11.3 Å². The van der Waals surface area contributed by atoms with Gasteiger partial charge < -0.3 is 14.6 Å². The predicted molar refractivity (Wildman–Crippen MR) is 133 cm³/mol. The van der Waals surface area contributed by atoms with Gasteiger partial charge in [-0.2, -0.15) is 5.10 Å². The molecule has 3 N–H and O–H groups in total. The summed E-state index contributed by atoms with van der Waals surface area (Å²) in [7, 11) is -2.58. The van der Waals surface area contributed by atoms with Crippen LogP contribution in [-0.2, 0) is 14.8 Å². The van der Waals surface area contributed by atoms with Crippen LogP contribution in [0.3, 0.4) is 0 Å². The minimum absolute atomic E-state index is 0.0414. The van der Waals surface area contributed by atoms with Crippen LogP contribution in [0.5, 0.6) is 11.5 Å². The van der Waals surface area contributed by atoms with E-state index in [4.69, 9.17) is 37.8 Å². The Kier molecular flexibility index (Phi) is 8.57. The summed E-state index contributed by atoms with van der Waals surface area (Å²) in [5.74, 6) is -1.32. The van der Waals surface area contributed by atoms with Gasteiger partial charge >= 0.3 is 5.97 Å². The van der Waals surface area contributed by atoms with Crippen molar-refractivity contribution in [3.05, 3.63) is 69.0 Å². The third-order valence-electron chi connectivity index (χ3n) is 4.23. The van der Waals surface area contributed by atoms with Crippen molar-refractivity contribution in [2.24, 2.45) is 5.10 Å². The van der Waals surface area contributed by atoms with E-state index in [1.54, 1.807) is 12.1 Å². The fourth-order valence-electron chi connectivity index (χ4n) is 2.67. The summed E-state index contributed by atoms with van der Waals surface area (Å²) >= 11 is 12.7. The van der Waals surface area contributed by atoms with E-state index in [9.17, 15) is 18.0 Å². The third kappa shape index (κ3) is 7.09. The van der Waals surface area contributed by atoms with Crippen molar-refractivity contribution in [3.8, 4) is 11.5 Å². The molecule has 184 valence electrons. The van der Waals surface area contributed by atoms with Crippen molar-refractivity contribution in [2.45, 2.75) is 4.21 Å². The second-order valence-corrected chi connectivity index (χ2v) is 10.7. The number of rotatable bonds is 10. The van der Waals surface area contributed by atoms with Crippen LogP contribution in [0, 0.1) is 0 Å². The number of amides is 1. The zero-order valence-corrected chi connectivity index (χ0v) is 21.0. The first-order valence-corrected chi connectivity index (χ1v) is 12.6. The number of methoxy groups -OCH3 is 1. The lowest BCUT2D eigenvalue weighted by molar-refractivity contribution is -0.139. The fraction of sp³-hybridized carbons (Fsp3) is 0.0952. The van der Waals surface area contributed by atoms with Crippen LogP contribution in [0.15, 0.2) is 57.8 Å². The van der Waals surface area contributed by atoms with E-state index in [1.807, 2.05) is 0 Å². The molecule has 0 saturated heterocycles. The topological polar surface area (TPSA) is 143 Å². The van der Waals surface area contributed by atoms with Gasteiger partial charge in [0.05, 0.1) is 28.9 Å². The number of aliphatic carboxylic acids is 1. The first-order chi connectivity index (χ1) is 16.6. The molecular formula is C21H17Cl2N3O7S2. The number of anilines is 1. The van der Waals surface area contributed by atoms with E-state index in [1.165, 1.54) is 49.7 Å². The standard InChI is InChI=1S/C21H17Cl2N3O7S2/c1-32-14-4-2-12(17(9-14)33-11-19(27)28)10-24-25-21(29)15-5-3-13(22)8-16(15)26-35(30,31)20-7-6-18(23)34-20/h2-10,26H,11H2,1H3,(H,25,29)(H,27,28). The molecule has 0 atom stereocenters. The molecule has 3 rings (SSSR count). The number of ether oxygens (including phenoxy) is 2. The number of hydrazone groups is 1. The Morgan fingerprint density at radius 2 is 1.91 bits per heavy atom. The van der Waals surface area contributed by atoms with Crippen molar-refractivity contribution >= 4 is 68.3 Å². The van der Waals surface area contributed by atoms with Crippen LogP contribution in [-0.4, -0.2) is 45.3 Å². The molecule has 2 aromatic carbocycles. The van der Waals surface area contributed by atoms with Crippen LogP contribution < -0.4 is 19.6 Å². The second-order valence-electron chi connectivity index (χ2n) is 6.64. The van der Waals surface area contributed by atoms with E-state index in [0.717, 1.165) is 11.3 Å². The van der Waals surface area contributed by atoms with Gasteiger partial charge in [-0.25, -0.2) is 18.6 Å². The highest BCUT2D eigenvalue weighted by Gasteiger charge is 2.21. The number of nitrogens with zero attached hydrogens (tertiary/aromatic N) is 1. The Bertz CT molecular complexity index is 1390. The summed E-state index contributed by atoms with van der Waals surface area (Å²) in [5.41, 5.74) is 2.54. The molecular weight excluding hydrogens is 541 g/mol. The zero-order valence-electron chi connectivity index (χ0n) is 17.8. The number of hydrogen-bond acceptors (Lipinski definition) is 8. The predicted octanol–water partition coefficient (Wildman–Crippen LogP) is 4.09. The second kappa shape index (κ2) is 11.4. The van der Waals surface area contributed by atoms with Gasteiger partial charge in [0.2, 0.25) is 0 Å². The number of benzene rings is 2. The molecule has 0 unspecified atom stereocenters.